The van der Waals surface area contributed by atoms with Gasteiger partial charge in [-0.25, -0.2) is 8.42 Å². The van der Waals surface area contributed by atoms with Gasteiger partial charge in [0.05, 0.1) is 6.10 Å². The van der Waals surface area contributed by atoms with Crippen LogP contribution in [0.15, 0.2) is 0 Å². The van der Waals surface area contributed by atoms with Crippen molar-refractivity contribution in [1.29, 1.82) is 0 Å². The molecule has 1 aliphatic rings. The van der Waals surface area contributed by atoms with Crippen LogP contribution in [0, 0.1) is 5.92 Å². The Kier molecular flexibility index (Phi) is 2.46. The summed E-state index contributed by atoms with van der Waals surface area (Å²) in [5.41, 5.74) is 0. The van der Waals surface area contributed by atoms with Crippen molar-refractivity contribution in [2.75, 3.05) is 6.26 Å². The first-order valence-corrected chi connectivity index (χ1v) is 5.83. The molecule has 0 aromatic heterocycles. The molecule has 11 heavy (non-hydrogen) atoms. The molecule has 2 atom stereocenters. The molecule has 0 spiro atoms. The van der Waals surface area contributed by atoms with Crippen molar-refractivity contribution in [3.8, 4) is 0 Å². The average Bonchev–Trinajstić information content (AvgIpc) is 2.63. The fourth-order valence-corrected chi connectivity index (χ4v) is 1.84. The molecule has 1 saturated carbocycles. The summed E-state index contributed by atoms with van der Waals surface area (Å²) in [6, 6.07) is 0. The Bertz CT molecular complexity index is 232. The summed E-state index contributed by atoms with van der Waals surface area (Å²) in [5, 5.41) is 9.28. The first-order valence-electron chi connectivity index (χ1n) is 3.44. The van der Waals surface area contributed by atoms with E-state index in [1.807, 2.05) is 0 Å². The van der Waals surface area contributed by atoms with E-state index in [4.69, 9.17) is 11.6 Å². The van der Waals surface area contributed by atoms with Crippen LogP contribution >= 0.6 is 11.6 Å². The Hall–Kier alpha value is 0.200. The Morgan fingerprint density at radius 3 is 2.27 bits per heavy atom. The predicted octanol–water partition coefficient (Wildman–Crippen LogP) is 0.367. The van der Waals surface area contributed by atoms with Gasteiger partial charge in [-0.2, -0.15) is 0 Å². The van der Waals surface area contributed by atoms with Gasteiger partial charge >= 0.3 is 0 Å². The summed E-state index contributed by atoms with van der Waals surface area (Å²) in [4.78, 5) is 0. The molecule has 5 heteroatoms. The molecule has 1 N–H and O–H groups in total. The van der Waals surface area contributed by atoms with Gasteiger partial charge in [0.1, 0.15) is 0 Å². The number of sulfone groups is 1. The number of hydrogen-bond donors (Lipinski definition) is 1. The second-order valence-corrected chi connectivity index (χ2v) is 5.90. The second-order valence-electron chi connectivity index (χ2n) is 3.01. The summed E-state index contributed by atoms with van der Waals surface area (Å²) in [6.45, 7) is 0. The Morgan fingerprint density at radius 1 is 1.55 bits per heavy atom. The number of hydrogen-bond acceptors (Lipinski definition) is 3. The first kappa shape index (κ1) is 9.29. The molecule has 0 amide bonds. The quantitative estimate of drug-likeness (QED) is 0.667. The summed E-state index contributed by atoms with van der Waals surface area (Å²) >= 11 is 5.50. The van der Waals surface area contributed by atoms with Gasteiger partial charge in [0, 0.05) is 6.26 Å². The first-order chi connectivity index (χ1) is 4.93. The van der Waals surface area contributed by atoms with E-state index in [0.717, 1.165) is 19.1 Å². The van der Waals surface area contributed by atoms with Gasteiger partial charge in [0.15, 0.2) is 14.5 Å². The number of aliphatic hydroxyl groups is 1. The minimum Gasteiger partial charge on any atom is -0.390 e. The highest BCUT2D eigenvalue weighted by Crippen LogP contribution is 2.36. The molecule has 1 rings (SSSR count). The molecule has 0 aromatic rings. The lowest BCUT2D eigenvalue weighted by atomic mass is 10.3. The maximum Gasteiger partial charge on any atom is 0.166 e. The fraction of sp³-hybridized carbons (Fsp3) is 1.00. The molecular formula is C6H11ClO3S. The third-order valence-electron chi connectivity index (χ3n) is 1.78. The molecule has 0 bridgehead atoms. The van der Waals surface area contributed by atoms with Crippen LogP contribution in [0.2, 0.25) is 0 Å². The Balaban J connectivity index is 2.59. The smallest absolute Gasteiger partial charge is 0.166 e. The SMILES string of the molecule is CS(=O)(=O)[C@@H](Cl)[C@H](O)C1CC1. The third kappa shape index (κ3) is 2.32. The Morgan fingerprint density at radius 2 is 2.00 bits per heavy atom. The van der Waals surface area contributed by atoms with E-state index in [0.29, 0.717) is 0 Å². The lowest BCUT2D eigenvalue weighted by Gasteiger charge is -2.13. The van der Waals surface area contributed by atoms with Crippen LogP contribution in [0.4, 0.5) is 0 Å². The monoisotopic (exact) mass is 198 g/mol. The molecule has 0 heterocycles. The van der Waals surface area contributed by atoms with Crippen LogP contribution in [0.5, 0.6) is 0 Å². The highest BCUT2D eigenvalue weighted by molar-refractivity contribution is 7.92. The standard InChI is InChI=1S/C6H11ClO3S/c1-11(9,10)6(7)5(8)4-2-3-4/h4-6,8H,2-3H2,1H3/t5-,6-/m1/s1. The average molecular weight is 199 g/mol. The van der Waals surface area contributed by atoms with E-state index in [2.05, 4.69) is 0 Å². The van der Waals surface area contributed by atoms with Gasteiger partial charge < -0.3 is 5.11 Å². The zero-order valence-electron chi connectivity index (χ0n) is 6.20. The third-order valence-corrected chi connectivity index (χ3v) is 4.11. The second kappa shape index (κ2) is 2.92. The van der Waals surface area contributed by atoms with Crippen molar-refractivity contribution in [3.63, 3.8) is 0 Å². The lowest BCUT2D eigenvalue weighted by molar-refractivity contribution is 0.164. The number of halogens is 1. The lowest BCUT2D eigenvalue weighted by Crippen LogP contribution is -2.29. The molecule has 0 aromatic carbocycles. The molecule has 1 fully saturated rings. The van der Waals surface area contributed by atoms with Crippen LogP contribution < -0.4 is 0 Å². The highest BCUT2D eigenvalue weighted by Gasteiger charge is 2.38. The molecule has 0 unspecified atom stereocenters. The zero-order chi connectivity index (χ0) is 8.65. The molecular weight excluding hydrogens is 188 g/mol. The van der Waals surface area contributed by atoms with Crippen molar-refractivity contribution in [2.45, 2.75) is 23.7 Å². The van der Waals surface area contributed by atoms with Gasteiger partial charge in [-0.15, -0.1) is 11.6 Å². The minimum atomic E-state index is -3.29. The van der Waals surface area contributed by atoms with E-state index in [-0.39, 0.29) is 5.92 Å². The van der Waals surface area contributed by atoms with E-state index in [1.165, 1.54) is 0 Å². The van der Waals surface area contributed by atoms with Gasteiger partial charge in [-0.1, -0.05) is 0 Å². The predicted molar refractivity (Wildman–Crippen MR) is 43.2 cm³/mol. The van der Waals surface area contributed by atoms with E-state index in [1.54, 1.807) is 0 Å². The van der Waals surface area contributed by atoms with Crippen molar-refractivity contribution in [3.05, 3.63) is 0 Å². The summed E-state index contributed by atoms with van der Waals surface area (Å²) < 4.78 is 20.5. The van der Waals surface area contributed by atoms with Crippen LogP contribution in [0.3, 0.4) is 0 Å². The van der Waals surface area contributed by atoms with E-state index in [9.17, 15) is 13.5 Å². The van der Waals surface area contributed by atoms with Crippen molar-refractivity contribution in [1.82, 2.24) is 0 Å². The molecule has 0 radical (unpaired) electrons. The van der Waals surface area contributed by atoms with Gasteiger partial charge in [-0.05, 0) is 18.8 Å². The summed E-state index contributed by atoms with van der Waals surface area (Å²) in [6.07, 6.45) is 1.93. The van der Waals surface area contributed by atoms with Crippen LogP contribution in [-0.2, 0) is 9.84 Å². The number of aliphatic hydroxyl groups excluding tert-OH is 1. The summed E-state index contributed by atoms with van der Waals surface area (Å²) in [5.74, 6) is 0.104. The van der Waals surface area contributed by atoms with E-state index < -0.39 is 20.7 Å². The van der Waals surface area contributed by atoms with Crippen molar-refractivity contribution >= 4 is 21.4 Å². The largest absolute Gasteiger partial charge is 0.390 e. The minimum absolute atomic E-state index is 0.104. The zero-order valence-corrected chi connectivity index (χ0v) is 7.77. The van der Waals surface area contributed by atoms with Gasteiger partial charge in [0.25, 0.3) is 0 Å². The highest BCUT2D eigenvalue weighted by atomic mass is 35.5. The van der Waals surface area contributed by atoms with E-state index >= 15 is 0 Å². The topological polar surface area (TPSA) is 54.4 Å². The Labute approximate surface area is 71.3 Å². The van der Waals surface area contributed by atoms with Crippen molar-refractivity contribution in [2.24, 2.45) is 5.92 Å². The number of rotatable bonds is 3. The van der Waals surface area contributed by atoms with Crippen molar-refractivity contribution < 1.29 is 13.5 Å². The molecule has 3 nitrogen and oxygen atoms in total. The van der Waals surface area contributed by atoms with Gasteiger partial charge in [0.2, 0.25) is 0 Å². The molecule has 1 aliphatic carbocycles. The van der Waals surface area contributed by atoms with Crippen LogP contribution in [-0.4, -0.2) is 30.6 Å². The fourth-order valence-electron chi connectivity index (χ4n) is 0.905. The normalized spacial score (nSPS) is 24.6. The van der Waals surface area contributed by atoms with Gasteiger partial charge in [-0.3, -0.25) is 0 Å². The van der Waals surface area contributed by atoms with Crippen LogP contribution in [0.25, 0.3) is 0 Å². The maximum absolute atomic E-state index is 10.8. The maximum atomic E-state index is 10.8. The molecule has 0 saturated heterocycles. The molecule has 66 valence electrons. The van der Waals surface area contributed by atoms with Crippen LogP contribution in [0.1, 0.15) is 12.8 Å². The number of alkyl halides is 1. The molecule has 0 aliphatic heterocycles. The summed E-state index contributed by atoms with van der Waals surface area (Å²) in [7, 11) is -3.29.